The lowest BCUT2D eigenvalue weighted by Gasteiger charge is -2.24. The third-order valence-corrected chi connectivity index (χ3v) is 11.8. The second kappa shape index (κ2) is 13.8. The van der Waals surface area contributed by atoms with Gasteiger partial charge in [0.25, 0.3) is 0 Å². The summed E-state index contributed by atoms with van der Waals surface area (Å²) in [7, 11) is 0. The molecule has 0 bridgehead atoms. The Balaban J connectivity index is 1.31. The fourth-order valence-corrected chi connectivity index (χ4v) is 9.16. The summed E-state index contributed by atoms with van der Waals surface area (Å²) in [5.41, 5.74) is 11.5. The molecule has 0 fully saturated rings. The molecule has 0 atom stereocenters. The molecule has 0 aliphatic carbocycles. The molecule has 0 aliphatic rings. The van der Waals surface area contributed by atoms with Crippen molar-refractivity contribution < 1.29 is 0 Å². The summed E-state index contributed by atoms with van der Waals surface area (Å²) in [6.45, 7) is 0. The van der Waals surface area contributed by atoms with Crippen LogP contribution in [-0.4, -0.2) is 24.1 Å². The summed E-state index contributed by atoms with van der Waals surface area (Å²) in [4.78, 5) is 15.8. The van der Waals surface area contributed by atoms with Crippen LogP contribution in [0.3, 0.4) is 0 Å². The minimum atomic E-state index is 0.599. The van der Waals surface area contributed by atoms with Crippen molar-refractivity contribution in [3.8, 4) is 56.7 Å². The Labute approximate surface area is 346 Å². The summed E-state index contributed by atoms with van der Waals surface area (Å²) < 4.78 is 4.92. The monoisotopic (exact) mass is 765 g/mol. The van der Waals surface area contributed by atoms with Crippen molar-refractivity contribution in [2.75, 3.05) is 0 Å². The van der Waals surface area contributed by atoms with Crippen LogP contribution >= 0.6 is 0 Å². The van der Waals surface area contributed by atoms with Crippen LogP contribution in [-0.2, 0) is 0 Å². The van der Waals surface area contributed by atoms with Gasteiger partial charge in [-0.15, -0.1) is 0 Å². The summed E-state index contributed by atoms with van der Waals surface area (Å²) in [6, 6.07) is 75.2. The van der Waals surface area contributed by atoms with Gasteiger partial charge in [-0.25, -0.2) is 15.0 Å². The smallest absolute Gasteiger partial charge is 0.164 e. The molecule has 0 radical (unpaired) electrons. The van der Waals surface area contributed by atoms with Crippen molar-refractivity contribution in [3.05, 3.63) is 212 Å². The van der Waals surface area contributed by atoms with Crippen LogP contribution < -0.4 is 0 Å². The standard InChI is InChI=1S/C55H35N5/c1-3-19-37(20-4-1)53-56-54(38-21-5-2-6-22-38)58-55(57-53)45-34-35-50(59-46-30-13-9-25-40(46)41-26-10-14-31-47(41)59)52(51(45)44-29-17-23-36-18-7-8-24-39(36)44)60-48-32-15-11-27-42(48)43-28-12-16-33-49(43)60/h1-35H. The number of benzene rings is 9. The minimum Gasteiger partial charge on any atom is -0.307 e. The first-order valence-electron chi connectivity index (χ1n) is 20.3. The molecular weight excluding hydrogens is 731 g/mol. The van der Waals surface area contributed by atoms with Crippen molar-refractivity contribution in [2.24, 2.45) is 0 Å². The molecule has 0 spiro atoms. The van der Waals surface area contributed by atoms with Crippen LogP contribution in [0.2, 0.25) is 0 Å². The molecule has 5 nitrogen and oxygen atoms in total. The second-order valence-corrected chi connectivity index (χ2v) is 15.2. The van der Waals surface area contributed by atoms with E-state index in [0.29, 0.717) is 17.5 Å². The van der Waals surface area contributed by atoms with Gasteiger partial charge >= 0.3 is 0 Å². The molecule has 0 unspecified atom stereocenters. The Morgan fingerprint density at radius 3 is 1.23 bits per heavy atom. The highest BCUT2D eigenvalue weighted by Gasteiger charge is 2.27. The first-order valence-corrected chi connectivity index (χ1v) is 20.3. The number of aromatic nitrogens is 5. The van der Waals surface area contributed by atoms with Crippen LogP contribution in [0.15, 0.2) is 212 Å². The van der Waals surface area contributed by atoms with Gasteiger partial charge in [0.1, 0.15) is 0 Å². The summed E-state index contributed by atoms with van der Waals surface area (Å²) in [5.74, 6) is 1.84. The molecule has 3 aromatic heterocycles. The number of para-hydroxylation sites is 4. The van der Waals surface area contributed by atoms with E-state index >= 15 is 0 Å². The van der Waals surface area contributed by atoms with Gasteiger partial charge in [-0.05, 0) is 52.7 Å². The van der Waals surface area contributed by atoms with Crippen LogP contribution in [0.25, 0.3) is 111 Å². The highest BCUT2D eigenvalue weighted by atomic mass is 15.1. The molecule has 12 aromatic rings. The van der Waals surface area contributed by atoms with Crippen LogP contribution in [0.1, 0.15) is 0 Å². The Morgan fingerprint density at radius 2 is 0.700 bits per heavy atom. The fraction of sp³-hybridized carbons (Fsp3) is 0. The summed E-state index contributed by atoms with van der Waals surface area (Å²) in [6.07, 6.45) is 0. The average molecular weight is 766 g/mol. The molecule has 3 heterocycles. The maximum Gasteiger partial charge on any atom is 0.164 e. The van der Waals surface area contributed by atoms with E-state index in [1.807, 2.05) is 36.4 Å². The predicted molar refractivity (Wildman–Crippen MR) is 248 cm³/mol. The summed E-state index contributed by atoms with van der Waals surface area (Å²) >= 11 is 0. The average Bonchev–Trinajstić information content (AvgIpc) is 3.84. The van der Waals surface area contributed by atoms with Crippen molar-refractivity contribution in [3.63, 3.8) is 0 Å². The molecule has 0 N–H and O–H groups in total. The van der Waals surface area contributed by atoms with Gasteiger partial charge < -0.3 is 9.13 Å². The highest BCUT2D eigenvalue weighted by Crippen LogP contribution is 2.47. The number of rotatable bonds is 6. The van der Waals surface area contributed by atoms with Gasteiger partial charge in [-0.3, -0.25) is 0 Å². The van der Waals surface area contributed by atoms with Gasteiger partial charge in [0.15, 0.2) is 17.5 Å². The molecule has 0 aliphatic heterocycles. The van der Waals surface area contributed by atoms with Crippen LogP contribution in [0.5, 0.6) is 0 Å². The zero-order valence-electron chi connectivity index (χ0n) is 32.4. The Morgan fingerprint density at radius 1 is 0.283 bits per heavy atom. The van der Waals surface area contributed by atoms with Crippen LogP contribution in [0, 0.1) is 0 Å². The number of hydrogen-bond acceptors (Lipinski definition) is 3. The quantitative estimate of drug-likeness (QED) is 0.169. The Hall–Kier alpha value is -8.15. The number of nitrogens with zero attached hydrogens (tertiary/aromatic N) is 5. The van der Waals surface area contributed by atoms with Crippen molar-refractivity contribution >= 4 is 54.4 Å². The predicted octanol–water partition coefficient (Wildman–Crippen LogP) is 13.9. The third-order valence-electron chi connectivity index (χ3n) is 11.8. The molecule has 280 valence electrons. The maximum absolute atomic E-state index is 5.37. The van der Waals surface area contributed by atoms with Crippen molar-refractivity contribution in [1.82, 2.24) is 24.1 Å². The van der Waals surface area contributed by atoms with Crippen molar-refractivity contribution in [1.29, 1.82) is 0 Å². The Bertz CT molecular complexity index is 3430. The van der Waals surface area contributed by atoms with Gasteiger partial charge in [-0.2, -0.15) is 0 Å². The van der Waals surface area contributed by atoms with E-state index < -0.39 is 0 Å². The lowest BCUT2D eigenvalue weighted by molar-refractivity contribution is 1.07. The van der Waals surface area contributed by atoms with Crippen LogP contribution in [0.4, 0.5) is 0 Å². The molecular formula is C55H35N5. The normalized spacial score (nSPS) is 11.7. The third kappa shape index (κ3) is 5.30. The molecule has 0 saturated heterocycles. The molecule has 12 rings (SSSR count). The van der Waals surface area contributed by atoms with E-state index in [-0.39, 0.29) is 0 Å². The van der Waals surface area contributed by atoms with Gasteiger partial charge in [-0.1, -0.05) is 176 Å². The summed E-state index contributed by atoms with van der Waals surface area (Å²) in [5, 5.41) is 7.08. The molecule has 0 saturated carbocycles. The largest absolute Gasteiger partial charge is 0.307 e. The lowest BCUT2D eigenvalue weighted by atomic mass is 9.91. The van der Waals surface area contributed by atoms with E-state index in [2.05, 4.69) is 185 Å². The SMILES string of the molecule is c1ccc(-c2nc(-c3ccccc3)nc(-c3ccc(-n4c5ccccc5c5ccccc54)c(-n4c5ccccc5c5ccccc54)c3-c3cccc4ccccc34)n2)cc1. The molecule has 60 heavy (non-hydrogen) atoms. The molecule has 0 amide bonds. The topological polar surface area (TPSA) is 48.5 Å². The van der Waals surface area contributed by atoms with Crippen molar-refractivity contribution in [2.45, 2.75) is 0 Å². The Kier molecular flexibility index (Phi) is 7.78. The fourth-order valence-electron chi connectivity index (χ4n) is 9.16. The zero-order valence-corrected chi connectivity index (χ0v) is 32.4. The maximum atomic E-state index is 5.37. The zero-order chi connectivity index (χ0) is 39.6. The lowest BCUT2D eigenvalue weighted by Crippen LogP contribution is -2.08. The first-order chi connectivity index (χ1) is 29.8. The molecule has 5 heteroatoms. The van der Waals surface area contributed by atoms with E-state index in [1.165, 1.54) is 21.5 Å². The molecule has 9 aromatic carbocycles. The number of fused-ring (bicyclic) bond motifs is 7. The first kappa shape index (κ1) is 33.9. The van der Waals surface area contributed by atoms with Gasteiger partial charge in [0.2, 0.25) is 0 Å². The number of hydrogen-bond donors (Lipinski definition) is 0. The van der Waals surface area contributed by atoms with E-state index in [0.717, 1.165) is 72.0 Å². The van der Waals surface area contributed by atoms with Gasteiger partial charge in [0.05, 0.1) is 33.4 Å². The van der Waals surface area contributed by atoms with E-state index in [1.54, 1.807) is 0 Å². The van der Waals surface area contributed by atoms with Gasteiger partial charge in [0, 0.05) is 43.8 Å². The minimum absolute atomic E-state index is 0.599. The van der Waals surface area contributed by atoms with E-state index in [4.69, 9.17) is 15.0 Å². The van der Waals surface area contributed by atoms with E-state index in [9.17, 15) is 0 Å². The second-order valence-electron chi connectivity index (χ2n) is 15.2. The highest BCUT2D eigenvalue weighted by molar-refractivity contribution is 6.14.